The highest BCUT2D eigenvalue weighted by Gasteiger charge is 2.22. The van der Waals surface area contributed by atoms with Gasteiger partial charge in [-0.25, -0.2) is 0 Å². The zero-order chi connectivity index (χ0) is 17.9. The topological polar surface area (TPSA) is 55.1 Å². The molecule has 1 unspecified atom stereocenters. The molecule has 0 bridgehead atoms. The normalized spacial score (nSPS) is 11.7. The van der Waals surface area contributed by atoms with Gasteiger partial charge in [-0.1, -0.05) is 73.5 Å². The fraction of sp³-hybridized carbons (Fsp3) is 0.409. The van der Waals surface area contributed by atoms with Gasteiger partial charge in [-0.2, -0.15) is 0 Å². The van der Waals surface area contributed by atoms with Crippen LogP contribution in [-0.2, 0) is 4.79 Å². The Morgan fingerprint density at radius 2 is 1.38 bits per heavy atom. The van der Waals surface area contributed by atoms with Crippen LogP contribution < -0.4 is 11.1 Å². The highest BCUT2D eigenvalue weighted by Crippen LogP contribution is 2.28. The molecule has 0 aliphatic rings. The first kappa shape index (κ1) is 22.2. The molecule has 3 N–H and O–H groups in total. The summed E-state index contributed by atoms with van der Waals surface area (Å²) in [6, 6.07) is 20.8. The lowest BCUT2D eigenvalue weighted by molar-refractivity contribution is -0.121. The molecule has 142 valence electrons. The molecule has 0 radical (unpaired) electrons. The molecule has 0 saturated carbocycles. The minimum absolute atomic E-state index is 0. The Hall–Kier alpha value is -1.84. The maximum Gasteiger partial charge on any atom is 0.220 e. The summed E-state index contributed by atoms with van der Waals surface area (Å²) in [4.78, 5) is 12.3. The lowest BCUT2D eigenvalue weighted by Gasteiger charge is -2.26. The maximum atomic E-state index is 12.3. The molecule has 2 aromatic carbocycles. The average molecular weight is 375 g/mol. The SMILES string of the molecule is CC(NC(=O)CCCCCCN)C(c1ccccc1)c1ccccc1.Cl. The van der Waals surface area contributed by atoms with Gasteiger partial charge in [0.2, 0.25) is 5.91 Å². The Balaban J connectivity index is 0.00000338. The van der Waals surface area contributed by atoms with Crippen molar-refractivity contribution < 1.29 is 4.79 Å². The molecule has 26 heavy (non-hydrogen) atoms. The second kappa shape index (κ2) is 12.5. The van der Waals surface area contributed by atoms with Gasteiger partial charge in [0, 0.05) is 18.4 Å². The zero-order valence-electron chi connectivity index (χ0n) is 15.6. The predicted molar refractivity (Wildman–Crippen MR) is 112 cm³/mol. The molecule has 0 aromatic heterocycles. The van der Waals surface area contributed by atoms with Crippen molar-refractivity contribution in [2.24, 2.45) is 5.73 Å². The van der Waals surface area contributed by atoms with Crippen molar-refractivity contribution >= 4 is 18.3 Å². The molecule has 2 aromatic rings. The fourth-order valence-corrected chi connectivity index (χ4v) is 3.28. The Labute approximate surface area is 163 Å². The van der Waals surface area contributed by atoms with E-state index in [0.717, 1.165) is 32.2 Å². The molecule has 0 fully saturated rings. The van der Waals surface area contributed by atoms with E-state index in [1.54, 1.807) is 0 Å². The summed E-state index contributed by atoms with van der Waals surface area (Å²) in [5, 5.41) is 3.20. The number of halogens is 1. The van der Waals surface area contributed by atoms with Gasteiger partial charge in [-0.15, -0.1) is 12.4 Å². The highest BCUT2D eigenvalue weighted by molar-refractivity contribution is 5.85. The number of rotatable bonds is 10. The van der Waals surface area contributed by atoms with Gasteiger partial charge in [0.15, 0.2) is 0 Å². The number of benzene rings is 2. The van der Waals surface area contributed by atoms with E-state index in [1.807, 2.05) is 12.1 Å². The number of carbonyl (C=O) groups is 1. The van der Waals surface area contributed by atoms with Crippen molar-refractivity contribution in [2.75, 3.05) is 6.54 Å². The smallest absolute Gasteiger partial charge is 0.220 e. The van der Waals surface area contributed by atoms with Crippen LogP contribution in [0.3, 0.4) is 0 Å². The van der Waals surface area contributed by atoms with Gasteiger partial charge >= 0.3 is 0 Å². The lowest BCUT2D eigenvalue weighted by atomic mass is 9.85. The molecular weight excluding hydrogens is 344 g/mol. The Morgan fingerprint density at radius 3 is 1.88 bits per heavy atom. The number of amides is 1. The van der Waals surface area contributed by atoms with Gasteiger partial charge in [-0.05, 0) is 37.4 Å². The minimum Gasteiger partial charge on any atom is -0.353 e. The molecule has 0 saturated heterocycles. The van der Waals surface area contributed by atoms with E-state index in [9.17, 15) is 4.79 Å². The van der Waals surface area contributed by atoms with Crippen LogP contribution in [0, 0.1) is 0 Å². The monoisotopic (exact) mass is 374 g/mol. The van der Waals surface area contributed by atoms with E-state index in [0.29, 0.717) is 6.42 Å². The first-order chi connectivity index (χ1) is 12.2. The molecule has 0 heterocycles. The van der Waals surface area contributed by atoms with Crippen LogP contribution in [-0.4, -0.2) is 18.5 Å². The quantitative estimate of drug-likeness (QED) is 0.594. The Bertz CT molecular complexity index is 579. The van der Waals surface area contributed by atoms with Crippen molar-refractivity contribution in [1.29, 1.82) is 0 Å². The van der Waals surface area contributed by atoms with E-state index in [1.165, 1.54) is 11.1 Å². The molecular formula is C22H31ClN2O. The third kappa shape index (κ3) is 7.19. The Morgan fingerprint density at radius 1 is 0.885 bits per heavy atom. The summed E-state index contributed by atoms with van der Waals surface area (Å²) >= 11 is 0. The van der Waals surface area contributed by atoms with Crippen LogP contribution >= 0.6 is 12.4 Å². The summed E-state index contributed by atoms with van der Waals surface area (Å²) in [5.74, 6) is 0.292. The van der Waals surface area contributed by atoms with Gasteiger partial charge in [0.05, 0.1) is 0 Å². The molecule has 4 heteroatoms. The maximum absolute atomic E-state index is 12.3. The van der Waals surface area contributed by atoms with Crippen LogP contribution in [0.4, 0.5) is 0 Å². The summed E-state index contributed by atoms with van der Waals surface area (Å²) in [6.07, 6.45) is 4.74. The van der Waals surface area contributed by atoms with Gasteiger partial charge in [0.25, 0.3) is 0 Å². The first-order valence-electron chi connectivity index (χ1n) is 9.31. The van der Waals surface area contributed by atoms with Crippen molar-refractivity contribution in [2.45, 2.75) is 51.0 Å². The molecule has 0 aliphatic carbocycles. The van der Waals surface area contributed by atoms with E-state index in [4.69, 9.17) is 5.73 Å². The molecule has 0 aliphatic heterocycles. The second-order valence-electron chi connectivity index (χ2n) is 6.61. The molecule has 1 amide bonds. The lowest BCUT2D eigenvalue weighted by Crippen LogP contribution is -2.37. The number of carbonyl (C=O) groups excluding carboxylic acids is 1. The molecule has 3 nitrogen and oxygen atoms in total. The fourth-order valence-electron chi connectivity index (χ4n) is 3.28. The van der Waals surface area contributed by atoms with E-state index < -0.39 is 0 Å². The number of unbranched alkanes of at least 4 members (excludes halogenated alkanes) is 3. The van der Waals surface area contributed by atoms with E-state index in [-0.39, 0.29) is 30.3 Å². The average Bonchev–Trinajstić information content (AvgIpc) is 2.63. The van der Waals surface area contributed by atoms with Crippen molar-refractivity contribution in [3.05, 3.63) is 71.8 Å². The van der Waals surface area contributed by atoms with Crippen LogP contribution in [0.2, 0.25) is 0 Å². The van der Waals surface area contributed by atoms with Crippen LogP contribution in [0.25, 0.3) is 0 Å². The minimum atomic E-state index is 0. The first-order valence-corrected chi connectivity index (χ1v) is 9.31. The van der Waals surface area contributed by atoms with Crippen LogP contribution in [0.15, 0.2) is 60.7 Å². The molecule has 2 rings (SSSR count). The Kier molecular flexibility index (Phi) is 10.7. The van der Waals surface area contributed by atoms with Crippen molar-refractivity contribution in [1.82, 2.24) is 5.32 Å². The summed E-state index contributed by atoms with van der Waals surface area (Å²) in [7, 11) is 0. The van der Waals surface area contributed by atoms with Crippen LogP contribution in [0.1, 0.15) is 56.1 Å². The summed E-state index contributed by atoms with van der Waals surface area (Å²) in [5.41, 5.74) is 7.95. The summed E-state index contributed by atoms with van der Waals surface area (Å²) < 4.78 is 0. The van der Waals surface area contributed by atoms with Crippen molar-refractivity contribution in [3.8, 4) is 0 Å². The van der Waals surface area contributed by atoms with E-state index >= 15 is 0 Å². The number of hydrogen-bond donors (Lipinski definition) is 2. The largest absolute Gasteiger partial charge is 0.353 e. The van der Waals surface area contributed by atoms with E-state index in [2.05, 4.69) is 60.8 Å². The predicted octanol–water partition coefficient (Wildman–Crippen LogP) is 4.65. The third-order valence-electron chi connectivity index (χ3n) is 4.56. The highest BCUT2D eigenvalue weighted by atomic mass is 35.5. The zero-order valence-corrected chi connectivity index (χ0v) is 16.4. The molecule has 1 atom stereocenters. The number of nitrogens with two attached hydrogens (primary N) is 1. The van der Waals surface area contributed by atoms with Crippen molar-refractivity contribution in [3.63, 3.8) is 0 Å². The van der Waals surface area contributed by atoms with Gasteiger partial charge in [-0.3, -0.25) is 4.79 Å². The van der Waals surface area contributed by atoms with Gasteiger partial charge in [0.1, 0.15) is 0 Å². The van der Waals surface area contributed by atoms with Gasteiger partial charge < -0.3 is 11.1 Å². The third-order valence-corrected chi connectivity index (χ3v) is 4.56. The second-order valence-corrected chi connectivity index (χ2v) is 6.61. The number of hydrogen-bond acceptors (Lipinski definition) is 2. The molecule has 0 spiro atoms. The standard InChI is InChI=1S/C22H30N2O.ClH/c1-18(24-21(25)16-10-2-3-11-17-23)22(19-12-6-4-7-13-19)20-14-8-5-9-15-20;/h4-9,12-15,18,22H,2-3,10-11,16-17,23H2,1H3,(H,24,25);1H. The number of nitrogens with one attached hydrogen (secondary N) is 1. The van der Waals surface area contributed by atoms with Crippen LogP contribution in [0.5, 0.6) is 0 Å². The summed E-state index contributed by atoms with van der Waals surface area (Å²) in [6.45, 7) is 2.83.